The van der Waals surface area contributed by atoms with Crippen molar-refractivity contribution < 1.29 is 13.2 Å². The maximum atomic E-state index is 11.3. The van der Waals surface area contributed by atoms with Gasteiger partial charge in [0.05, 0.1) is 4.90 Å². The Hall–Kier alpha value is -1.16. The number of benzene rings is 1. The standard InChI is InChI=1S/C10H12O3S/c1-7-4-8(2)10(14(3,12)13)5-9(7)6-11/h4-6H,1-3H3. The van der Waals surface area contributed by atoms with Gasteiger partial charge in [0, 0.05) is 11.8 Å². The first-order valence-corrected chi connectivity index (χ1v) is 6.02. The number of hydrogen-bond acceptors (Lipinski definition) is 3. The summed E-state index contributed by atoms with van der Waals surface area (Å²) in [4.78, 5) is 10.9. The predicted octanol–water partition coefficient (Wildman–Crippen LogP) is 1.52. The highest BCUT2D eigenvalue weighted by atomic mass is 32.2. The Morgan fingerprint density at radius 2 is 1.71 bits per heavy atom. The van der Waals surface area contributed by atoms with Gasteiger partial charge in [-0.3, -0.25) is 4.79 Å². The molecular formula is C10H12O3S. The SMILES string of the molecule is Cc1cc(C)c(S(C)(=O)=O)cc1C=O. The first kappa shape index (κ1) is 10.9. The maximum absolute atomic E-state index is 11.3. The second-order valence-corrected chi connectivity index (χ2v) is 5.35. The summed E-state index contributed by atoms with van der Waals surface area (Å²) in [6.07, 6.45) is 1.81. The van der Waals surface area contributed by atoms with E-state index in [1.165, 1.54) is 6.07 Å². The third-order valence-corrected chi connectivity index (χ3v) is 3.33. The van der Waals surface area contributed by atoms with Crippen molar-refractivity contribution in [1.82, 2.24) is 0 Å². The monoisotopic (exact) mass is 212 g/mol. The van der Waals surface area contributed by atoms with Crippen molar-refractivity contribution in [2.45, 2.75) is 18.7 Å². The summed E-state index contributed by atoms with van der Waals surface area (Å²) in [7, 11) is -3.24. The van der Waals surface area contributed by atoms with E-state index in [-0.39, 0.29) is 4.90 Å². The van der Waals surface area contributed by atoms with Gasteiger partial charge in [-0.2, -0.15) is 0 Å². The minimum Gasteiger partial charge on any atom is -0.298 e. The molecule has 76 valence electrons. The van der Waals surface area contributed by atoms with Crippen molar-refractivity contribution >= 4 is 16.1 Å². The molecule has 0 amide bonds. The van der Waals surface area contributed by atoms with E-state index in [1.807, 2.05) is 0 Å². The number of aryl methyl sites for hydroxylation is 2. The summed E-state index contributed by atoms with van der Waals surface area (Å²) in [5.41, 5.74) is 1.90. The van der Waals surface area contributed by atoms with E-state index in [9.17, 15) is 13.2 Å². The average molecular weight is 212 g/mol. The fraction of sp³-hybridized carbons (Fsp3) is 0.300. The van der Waals surface area contributed by atoms with Crippen LogP contribution in [0.15, 0.2) is 17.0 Å². The lowest BCUT2D eigenvalue weighted by Gasteiger charge is -2.06. The van der Waals surface area contributed by atoms with Gasteiger partial charge in [0.15, 0.2) is 9.84 Å². The van der Waals surface area contributed by atoms with Crippen LogP contribution in [0, 0.1) is 13.8 Å². The third kappa shape index (κ3) is 2.01. The van der Waals surface area contributed by atoms with Gasteiger partial charge >= 0.3 is 0 Å². The molecule has 0 unspecified atom stereocenters. The van der Waals surface area contributed by atoms with Crippen LogP contribution in [0.25, 0.3) is 0 Å². The van der Waals surface area contributed by atoms with Crippen molar-refractivity contribution in [1.29, 1.82) is 0 Å². The smallest absolute Gasteiger partial charge is 0.175 e. The van der Waals surface area contributed by atoms with E-state index in [2.05, 4.69) is 0 Å². The molecule has 0 aliphatic rings. The number of carbonyl (C=O) groups excluding carboxylic acids is 1. The quantitative estimate of drug-likeness (QED) is 0.698. The zero-order valence-corrected chi connectivity index (χ0v) is 9.18. The van der Waals surface area contributed by atoms with E-state index in [0.29, 0.717) is 17.4 Å². The summed E-state index contributed by atoms with van der Waals surface area (Å²) < 4.78 is 22.6. The Balaban J connectivity index is 3.55. The molecule has 0 N–H and O–H groups in total. The van der Waals surface area contributed by atoms with Crippen LogP contribution >= 0.6 is 0 Å². The van der Waals surface area contributed by atoms with Gasteiger partial charge in [0.2, 0.25) is 0 Å². The van der Waals surface area contributed by atoms with Gasteiger partial charge in [-0.25, -0.2) is 8.42 Å². The molecule has 0 atom stereocenters. The van der Waals surface area contributed by atoms with Gasteiger partial charge in [-0.05, 0) is 31.0 Å². The lowest BCUT2D eigenvalue weighted by atomic mass is 10.1. The normalized spacial score (nSPS) is 11.4. The maximum Gasteiger partial charge on any atom is 0.175 e. The molecule has 3 nitrogen and oxygen atoms in total. The molecule has 0 aliphatic carbocycles. The van der Waals surface area contributed by atoms with Crippen LogP contribution in [0.2, 0.25) is 0 Å². The molecule has 0 aromatic heterocycles. The fourth-order valence-corrected chi connectivity index (χ4v) is 2.36. The fourth-order valence-electron chi connectivity index (χ4n) is 1.37. The minimum atomic E-state index is -3.24. The van der Waals surface area contributed by atoms with Gasteiger partial charge in [0.25, 0.3) is 0 Å². The zero-order chi connectivity index (χ0) is 10.9. The van der Waals surface area contributed by atoms with Crippen molar-refractivity contribution in [3.8, 4) is 0 Å². The second kappa shape index (κ2) is 3.53. The molecule has 14 heavy (non-hydrogen) atoms. The third-order valence-electron chi connectivity index (χ3n) is 2.09. The Morgan fingerprint density at radius 1 is 1.14 bits per heavy atom. The highest BCUT2D eigenvalue weighted by molar-refractivity contribution is 7.90. The summed E-state index contributed by atoms with van der Waals surface area (Å²) in [6, 6.07) is 3.13. The number of rotatable bonds is 2. The molecule has 0 aliphatic heterocycles. The van der Waals surface area contributed by atoms with E-state index in [1.54, 1.807) is 19.9 Å². The van der Waals surface area contributed by atoms with Crippen LogP contribution in [-0.2, 0) is 9.84 Å². The minimum absolute atomic E-state index is 0.227. The Kier molecular flexibility index (Phi) is 2.76. The molecule has 0 bridgehead atoms. The first-order valence-electron chi connectivity index (χ1n) is 4.12. The number of carbonyl (C=O) groups is 1. The van der Waals surface area contributed by atoms with Gasteiger partial charge in [-0.1, -0.05) is 6.07 Å². The lowest BCUT2D eigenvalue weighted by Crippen LogP contribution is -2.02. The lowest BCUT2D eigenvalue weighted by molar-refractivity contribution is 0.112. The molecule has 0 heterocycles. The van der Waals surface area contributed by atoms with Crippen molar-refractivity contribution in [3.05, 3.63) is 28.8 Å². The Morgan fingerprint density at radius 3 is 2.14 bits per heavy atom. The van der Waals surface area contributed by atoms with Gasteiger partial charge in [0.1, 0.15) is 6.29 Å². The average Bonchev–Trinajstić information content (AvgIpc) is 2.02. The highest BCUT2D eigenvalue weighted by Gasteiger charge is 2.12. The highest BCUT2D eigenvalue weighted by Crippen LogP contribution is 2.19. The van der Waals surface area contributed by atoms with Crippen molar-refractivity contribution in [2.75, 3.05) is 6.26 Å². The molecule has 1 aromatic rings. The molecule has 0 radical (unpaired) electrons. The molecule has 1 rings (SSSR count). The molecule has 1 aromatic carbocycles. The number of sulfone groups is 1. The van der Waals surface area contributed by atoms with Gasteiger partial charge < -0.3 is 0 Å². The summed E-state index contributed by atoms with van der Waals surface area (Å²) in [6.45, 7) is 3.50. The topological polar surface area (TPSA) is 51.2 Å². The summed E-state index contributed by atoms with van der Waals surface area (Å²) in [5, 5.41) is 0. The van der Waals surface area contributed by atoms with Gasteiger partial charge in [-0.15, -0.1) is 0 Å². The Bertz CT molecular complexity index is 472. The van der Waals surface area contributed by atoms with Crippen LogP contribution in [0.3, 0.4) is 0 Å². The zero-order valence-electron chi connectivity index (χ0n) is 8.37. The molecule has 4 heteroatoms. The molecular weight excluding hydrogens is 200 g/mol. The van der Waals surface area contributed by atoms with Crippen molar-refractivity contribution in [3.63, 3.8) is 0 Å². The van der Waals surface area contributed by atoms with Crippen LogP contribution in [0.4, 0.5) is 0 Å². The van der Waals surface area contributed by atoms with Crippen LogP contribution in [0.5, 0.6) is 0 Å². The van der Waals surface area contributed by atoms with E-state index in [4.69, 9.17) is 0 Å². The molecule has 0 saturated carbocycles. The summed E-state index contributed by atoms with van der Waals surface area (Å²) in [5.74, 6) is 0. The predicted molar refractivity (Wildman–Crippen MR) is 54.4 cm³/mol. The summed E-state index contributed by atoms with van der Waals surface area (Å²) >= 11 is 0. The van der Waals surface area contributed by atoms with E-state index < -0.39 is 9.84 Å². The molecule has 0 spiro atoms. The van der Waals surface area contributed by atoms with Crippen LogP contribution in [0.1, 0.15) is 21.5 Å². The number of hydrogen-bond donors (Lipinski definition) is 0. The largest absolute Gasteiger partial charge is 0.298 e. The Labute approximate surface area is 83.7 Å². The van der Waals surface area contributed by atoms with E-state index in [0.717, 1.165) is 11.8 Å². The van der Waals surface area contributed by atoms with Crippen molar-refractivity contribution in [2.24, 2.45) is 0 Å². The molecule has 0 saturated heterocycles. The number of aldehydes is 1. The van der Waals surface area contributed by atoms with E-state index >= 15 is 0 Å². The molecule has 0 fully saturated rings. The first-order chi connectivity index (χ1) is 6.36. The second-order valence-electron chi connectivity index (χ2n) is 3.36. The van der Waals surface area contributed by atoms with Crippen LogP contribution in [-0.4, -0.2) is 21.0 Å². The van der Waals surface area contributed by atoms with Crippen LogP contribution < -0.4 is 0 Å².